The van der Waals surface area contributed by atoms with Gasteiger partial charge in [-0.1, -0.05) is 6.07 Å². The van der Waals surface area contributed by atoms with Gasteiger partial charge in [0.15, 0.2) is 0 Å². The summed E-state index contributed by atoms with van der Waals surface area (Å²) in [5, 5.41) is 9.74. The highest BCUT2D eigenvalue weighted by Gasteiger charge is 2.19. The average Bonchev–Trinajstić information content (AvgIpc) is 2.33. The molecule has 0 aliphatic heterocycles. The van der Waals surface area contributed by atoms with Gasteiger partial charge in [0, 0.05) is 18.2 Å². The van der Waals surface area contributed by atoms with E-state index >= 15 is 0 Å². The third kappa shape index (κ3) is 5.07. The van der Waals surface area contributed by atoms with Crippen LogP contribution < -0.4 is 10.5 Å². The number of halogens is 1. The zero-order valence-corrected chi connectivity index (χ0v) is 12.7. The van der Waals surface area contributed by atoms with Gasteiger partial charge in [-0.15, -0.1) is 0 Å². The number of hydrogen-bond donors (Lipinski definition) is 2. The lowest BCUT2D eigenvalue weighted by molar-refractivity contribution is 0.0438. The number of benzene rings is 1. The van der Waals surface area contributed by atoms with Crippen molar-refractivity contribution in [2.75, 3.05) is 27.2 Å². The molecule has 20 heavy (non-hydrogen) atoms. The maximum atomic E-state index is 13.9. The predicted octanol–water partition coefficient (Wildman–Crippen LogP) is 1.93. The molecule has 0 aliphatic rings. The summed E-state index contributed by atoms with van der Waals surface area (Å²) < 4.78 is 19.0. The molecule has 0 aromatic heterocycles. The molecule has 0 bridgehead atoms. The van der Waals surface area contributed by atoms with Gasteiger partial charge in [-0.2, -0.15) is 0 Å². The van der Waals surface area contributed by atoms with E-state index in [1.54, 1.807) is 26.0 Å². The van der Waals surface area contributed by atoms with Gasteiger partial charge in [-0.05, 0) is 46.0 Å². The summed E-state index contributed by atoms with van der Waals surface area (Å²) in [5.74, 6) is 0.129. The van der Waals surface area contributed by atoms with Crippen molar-refractivity contribution in [1.29, 1.82) is 0 Å². The minimum absolute atomic E-state index is 0.345. The summed E-state index contributed by atoms with van der Waals surface area (Å²) in [6, 6.07) is 4.26. The second-order valence-electron chi connectivity index (χ2n) is 5.80. The van der Waals surface area contributed by atoms with E-state index in [1.165, 1.54) is 13.2 Å². The maximum Gasteiger partial charge on any atom is 0.131 e. The smallest absolute Gasteiger partial charge is 0.131 e. The molecule has 1 aromatic rings. The SMILES string of the molecule is COc1cccc(F)c1C(N)CCN(C)CC(C)(C)O. The van der Waals surface area contributed by atoms with Gasteiger partial charge < -0.3 is 20.5 Å². The Kier molecular flexibility index (Phi) is 5.92. The van der Waals surface area contributed by atoms with E-state index in [0.29, 0.717) is 30.8 Å². The molecular weight excluding hydrogens is 259 g/mol. The van der Waals surface area contributed by atoms with Crippen molar-refractivity contribution >= 4 is 0 Å². The average molecular weight is 284 g/mol. The number of hydrogen-bond acceptors (Lipinski definition) is 4. The van der Waals surface area contributed by atoms with Gasteiger partial charge in [0.05, 0.1) is 12.7 Å². The van der Waals surface area contributed by atoms with Crippen molar-refractivity contribution in [3.63, 3.8) is 0 Å². The quantitative estimate of drug-likeness (QED) is 0.803. The fourth-order valence-corrected chi connectivity index (χ4v) is 2.30. The number of ether oxygens (including phenoxy) is 1. The van der Waals surface area contributed by atoms with Crippen LogP contribution in [-0.4, -0.2) is 42.9 Å². The first-order valence-corrected chi connectivity index (χ1v) is 6.73. The van der Waals surface area contributed by atoms with Crippen molar-refractivity contribution in [2.45, 2.75) is 31.9 Å². The predicted molar refractivity (Wildman–Crippen MR) is 78.3 cm³/mol. The van der Waals surface area contributed by atoms with Crippen LogP contribution in [0.5, 0.6) is 5.75 Å². The Hall–Kier alpha value is -1.17. The Labute approximate surface area is 120 Å². The van der Waals surface area contributed by atoms with Gasteiger partial charge in [0.2, 0.25) is 0 Å². The van der Waals surface area contributed by atoms with Crippen molar-refractivity contribution in [3.8, 4) is 5.75 Å². The number of likely N-dealkylation sites (N-methyl/N-ethyl adjacent to an activating group) is 1. The molecule has 0 heterocycles. The van der Waals surface area contributed by atoms with Crippen LogP contribution in [0.1, 0.15) is 31.9 Å². The molecule has 0 radical (unpaired) electrons. The fraction of sp³-hybridized carbons (Fsp3) is 0.600. The van der Waals surface area contributed by atoms with Gasteiger partial charge in [-0.3, -0.25) is 0 Å². The summed E-state index contributed by atoms with van der Waals surface area (Å²) in [6.45, 7) is 4.71. The number of methoxy groups -OCH3 is 1. The zero-order chi connectivity index (χ0) is 15.3. The van der Waals surface area contributed by atoms with E-state index in [1.807, 2.05) is 11.9 Å². The number of aliphatic hydroxyl groups is 1. The van der Waals surface area contributed by atoms with Gasteiger partial charge in [-0.25, -0.2) is 4.39 Å². The summed E-state index contributed by atoms with van der Waals surface area (Å²) in [6.07, 6.45) is 0.587. The second-order valence-corrected chi connectivity index (χ2v) is 5.80. The maximum absolute atomic E-state index is 13.9. The number of nitrogens with zero attached hydrogens (tertiary/aromatic N) is 1. The summed E-state index contributed by atoms with van der Waals surface area (Å²) in [7, 11) is 3.41. The number of nitrogens with two attached hydrogens (primary N) is 1. The zero-order valence-electron chi connectivity index (χ0n) is 12.7. The molecule has 114 valence electrons. The Balaban J connectivity index is 2.66. The van der Waals surface area contributed by atoms with Crippen LogP contribution in [-0.2, 0) is 0 Å². The largest absolute Gasteiger partial charge is 0.496 e. The molecular formula is C15H25FN2O2. The van der Waals surface area contributed by atoms with Crippen LogP contribution in [0.4, 0.5) is 4.39 Å². The van der Waals surface area contributed by atoms with Gasteiger partial charge in [0.1, 0.15) is 11.6 Å². The minimum Gasteiger partial charge on any atom is -0.496 e. The first-order chi connectivity index (χ1) is 9.24. The molecule has 3 N–H and O–H groups in total. The molecule has 4 nitrogen and oxygen atoms in total. The van der Waals surface area contributed by atoms with E-state index in [-0.39, 0.29) is 5.82 Å². The molecule has 0 fully saturated rings. The monoisotopic (exact) mass is 284 g/mol. The highest BCUT2D eigenvalue weighted by atomic mass is 19.1. The molecule has 0 saturated carbocycles. The van der Waals surface area contributed by atoms with Crippen molar-refractivity contribution in [2.24, 2.45) is 5.73 Å². The van der Waals surface area contributed by atoms with Crippen LogP contribution in [0.3, 0.4) is 0 Å². The van der Waals surface area contributed by atoms with Crippen LogP contribution in [0.2, 0.25) is 0 Å². The lowest BCUT2D eigenvalue weighted by Crippen LogP contribution is -2.37. The van der Waals surface area contributed by atoms with Crippen molar-refractivity contribution in [3.05, 3.63) is 29.6 Å². The first kappa shape index (κ1) is 16.9. The summed E-state index contributed by atoms with van der Waals surface area (Å²) >= 11 is 0. The topological polar surface area (TPSA) is 58.7 Å². The third-order valence-corrected chi connectivity index (χ3v) is 3.08. The molecule has 1 rings (SSSR count). The van der Waals surface area contributed by atoms with E-state index in [9.17, 15) is 9.50 Å². The Morgan fingerprint density at radius 1 is 1.45 bits per heavy atom. The van der Waals surface area contributed by atoms with Gasteiger partial charge in [0.25, 0.3) is 0 Å². The minimum atomic E-state index is -0.755. The standard InChI is InChI=1S/C15H25FN2O2/c1-15(2,19)10-18(3)9-8-12(17)14-11(16)6-5-7-13(14)20-4/h5-7,12,19H,8-10,17H2,1-4H3. The molecule has 5 heteroatoms. The highest BCUT2D eigenvalue weighted by molar-refractivity contribution is 5.37. The van der Waals surface area contributed by atoms with E-state index in [0.717, 1.165) is 0 Å². The first-order valence-electron chi connectivity index (χ1n) is 6.73. The van der Waals surface area contributed by atoms with E-state index in [2.05, 4.69) is 0 Å². The molecule has 0 amide bonds. The fourth-order valence-electron chi connectivity index (χ4n) is 2.30. The Morgan fingerprint density at radius 3 is 2.65 bits per heavy atom. The van der Waals surface area contributed by atoms with Crippen molar-refractivity contribution < 1.29 is 14.2 Å². The lowest BCUT2D eigenvalue weighted by atomic mass is 10.0. The van der Waals surface area contributed by atoms with E-state index < -0.39 is 11.6 Å². The van der Waals surface area contributed by atoms with Gasteiger partial charge >= 0.3 is 0 Å². The lowest BCUT2D eigenvalue weighted by Gasteiger charge is -2.26. The Bertz CT molecular complexity index is 432. The molecule has 1 unspecified atom stereocenters. The molecule has 0 aliphatic carbocycles. The number of rotatable bonds is 7. The van der Waals surface area contributed by atoms with Crippen molar-refractivity contribution in [1.82, 2.24) is 4.90 Å². The highest BCUT2D eigenvalue weighted by Crippen LogP contribution is 2.28. The van der Waals surface area contributed by atoms with E-state index in [4.69, 9.17) is 10.5 Å². The van der Waals surface area contributed by atoms with Crippen LogP contribution in [0, 0.1) is 5.82 Å². The molecule has 0 saturated heterocycles. The Morgan fingerprint density at radius 2 is 2.10 bits per heavy atom. The summed E-state index contributed by atoms with van der Waals surface area (Å²) in [4.78, 5) is 1.98. The molecule has 1 aromatic carbocycles. The third-order valence-electron chi connectivity index (χ3n) is 3.08. The molecule has 0 spiro atoms. The molecule has 1 atom stereocenters. The summed E-state index contributed by atoms with van der Waals surface area (Å²) in [5.41, 5.74) is 5.73. The second kappa shape index (κ2) is 7.02. The van der Waals surface area contributed by atoms with Crippen LogP contribution in [0.25, 0.3) is 0 Å². The van der Waals surface area contributed by atoms with Crippen LogP contribution in [0.15, 0.2) is 18.2 Å². The van der Waals surface area contributed by atoms with Crippen LogP contribution >= 0.6 is 0 Å². The normalized spacial score (nSPS) is 13.6.